The van der Waals surface area contributed by atoms with Gasteiger partial charge in [-0.2, -0.15) is 0 Å². The molecule has 0 aliphatic carbocycles. The second-order valence-electron chi connectivity index (χ2n) is 2.99. The standard InChI is InChI=1S/C10H10BrNO/c1-7-12-6-10(13-7)8-4-2-3-5-9(8)11/h2-5,10H,6H2,1H3/t10-/m1/s1. The van der Waals surface area contributed by atoms with Crippen molar-refractivity contribution in [2.45, 2.75) is 13.0 Å². The van der Waals surface area contributed by atoms with E-state index in [2.05, 4.69) is 27.0 Å². The van der Waals surface area contributed by atoms with E-state index in [1.54, 1.807) is 0 Å². The number of aliphatic imine (C=N–C) groups is 1. The van der Waals surface area contributed by atoms with Gasteiger partial charge in [-0.25, -0.2) is 0 Å². The molecule has 0 bridgehead atoms. The van der Waals surface area contributed by atoms with E-state index in [0.29, 0.717) is 0 Å². The van der Waals surface area contributed by atoms with E-state index in [-0.39, 0.29) is 6.10 Å². The lowest BCUT2D eigenvalue weighted by Gasteiger charge is -2.11. The van der Waals surface area contributed by atoms with Gasteiger partial charge in [-0.15, -0.1) is 0 Å². The second-order valence-corrected chi connectivity index (χ2v) is 3.84. The summed E-state index contributed by atoms with van der Waals surface area (Å²) in [6.07, 6.45) is 0.0931. The Morgan fingerprint density at radius 2 is 2.23 bits per heavy atom. The van der Waals surface area contributed by atoms with Crippen LogP contribution in [0.15, 0.2) is 33.7 Å². The van der Waals surface area contributed by atoms with E-state index >= 15 is 0 Å². The molecule has 0 N–H and O–H groups in total. The SMILES string of the molecule is CC1=NC[C@H](c2ccccc2Br)O1. The van der Waals surface area contributed by atoms with E-state index < -0.39 is 0 Å². The predicted octanol–water partition coefficient (Wildman–Crippen LogP) is 2.94. The van der Waals surface area contributed by atoms with Crippen molar-refractivity contribution in [3.8, 4) is 0 Å². The van der Waals surface area contributed by atoms with Crippen LogP contribution in [0.25, 0.3) is 0 Å². The zero-order valence-corrected chi connectivity index (χ0v) is 8.91. The molecule has 0 fully saturated rings. The molecule has 1 atom stereocenters. The largest absolute Gasteiger partial charge is 0.471 e. The number of benzene rings is 1. The molecule has 1 aromatic carbocycles. The minimum Gasteiger partial charge on any atom is -0.471 e. The van der Waals surface area contributed by atoms with Gasteiger partial charge in [0.1, 0.15) is 6.10 Å². The maximum atomic E-state index is 5.55. The molecule has 1 heterocycles. The molecule has 2 rings (SSSR count). The summed E-state index contributed by atoms with van der Waals surface area (Å²) in [5, 5.41) is 0. The second kappa shape index (κ2) is 3.50. The Bertz CT molecular complexity index is 349. The fourth-order valence-electron chi connectivity index (χ4n) is 1.39. The summed E-state index contributed by atoms with van der Waals surface area (Å²) in [7, 11) is 0. The summed E-state index contributed by atoms with van der Waals surface area (Å²) >= 11 is 3.50. The summed E-state index contributed by atoms with van der Waals surface area (Å²) in [4.78, 5) is 4.21. The van der Waals surface area contributed by atoms with E-state index in [1.165, 1.54) is 5.56 Å². The first-order valence-corrected chi connectivity index (χ1v) is 4.99. The fourth-order valence-corrected chi connectivity index (χ4v) is 1.93. The van der Waals surface area contributed by atoms with Crippen LogP contribution in [0.1, 0.15) is 18.6 Å². The monoisotopic (exact) mass is 239 g/mol. The predicted molar refractivity (Wildman–Crippen MR) is 55.9 cm³/mol. The third-order valence-corrected chi connectivity index (χ3v) is 2.77. The maximum Gasteiger partial charge on any atom is 0.181 e. The highest BCUT2D eigenvalue weighted by atomic mass is 79.9. The third-order valence-electron chi connectivity index (χ3n) is 2.04. The molecule has 1 aliphatic heterocycles. The highest BCUT2D eigenvalue weighted by molar-refractivity contribution is 9.10. The summed E-state index contributed by atoms with van der Waals surface area (Å²) in [6, 6.07) is 8.09. The van der Waals surface area contributed by atoms with Crippen LogP contribution in [-0.4, -0.2) is 12.4 Å². The van der Waals surface area contributed by atoms with Crippen LogP contribution in [0.5, 0.6) is 0 Å². The Morgan fingerprint density at radius 3 is 2.85 bits per heavy atom. The topological polar surface area (TPSA) is 21.6 Å². The van der Waals surface area contributed by atoms with Gasteiger partial charge in [0.05, 0.1) is 6.54 Å². The van der Waals surface area contributed by atoms with Crippen molar-refractivity contribution in [3.05, 3.63) is 34.3 Å². The number of hydrogen-bond acceptors (Lipinski definition) is 2. The first-order valence-electron chi connectivity index (χ1n) is 4.19. The molecular formula is C10H10BrNO. The summed E-state index contributed by atoms with van der Waals surface area (Å²) in [5.74, 6) is 0.778. The van der Waals surface area contributed by atoms with Gasteiger partial charge in [0, 0.05) is 17.0 Å². The van der Waals surface area contributed by atoms with Crippen LogP contribution in [0.4, 0.5) is 0 Å². The lowest BCUT2D eigenvalue weighted by atomic mass is 10.1. The van der Waals surface area contributed by atoms with Crippen molar-refractivity contribution in [1.29, 1.82) is 0 Å². The van der Waals surface area contributed by atoms with E-state index in [1.807, 2.05) is 25.1 Å². The minimum atomic E-state index is 0.0931. The molecule has 0 unspecified atom stereocenters. The number of halogens is 1. The molecule has 68 valence electrons. The van der Waals surface area contributed by atoms with Crippen LogP contribution < -0.4 is 0 Å². The summed E-state index contributed by atoms with van der Waals surface area (Å²) < 4.78 is 6.64. The Kier molecular flexibility index (Phi) is 2.36. The smallest absolute Gasteiger partial charge is 0.181 e. The van der Waals surface area contributed by atoms with E-state index in [0.717, 1.165) is 16.9 Å². The highest BCUT2D eigenvalue weighted by Crippen LogP contribution is 2.28. The highest BCUT2D eigenvalue weighted by Gasteiger charge is 2.20. The van der Waals surface area contributed by atoms with E-state index in [4.69, 9.17) is 4.74 Å². The van der Waals surface area contributed by atoms with Gasteiger partial charge in [-0.1, -0.05) is 34.1 Å². The van der Waals surface area contributed by atoms with Crippen LogP contribution in [0.2, 0.25) is 0 Å². The van der Waals surface area contributed by atoms with Crippen molar-refractivity contribution >= 4 is 21.8 Å². The molecule has 1 aromatic rings. The quantitative estimate of drug-likeness (QED) is 0.739. The summed E-state index contributed by atoms with van der Waals surface area (Å²) in [5.41, 5.74) is 1.17. The van der Waals surface area contributed by atoms with Crippen LogP contribution in [0.3, 0.4) is 0 Å². The first-order chi connectivity index (χ1) is 6.27. The van der Waals surface area contributed by atoms with Gasteiger partial charge in [0.2, 0.25) is 0 Å². The van der Waals surface area contributed by atoms with Crippen molar-refractivity contribution in [2.75, 3.05) is 6.54 Å². The van der Waals surface area contributed by atoms with Gasteiger partial charge in [0.15, 0.2) is 5.90 Å². The van der Waals surface area contributed by atoms with Crippen molar-refractivity contribution < 1.29 is 4.74 Å². The number of rotatable bonds is 1. The van der Waals surface area contributed by atoms with Gasteiger partial charge < -0.3 is 4.74 Å². The third kappa shape index (κ3) is 1.75. The van der Waals surface area contributed by atoms with Crippen molar-refractivity contribution in [1.82, 2.24) is 0 Å². The molecule has 0 aromatic heterocycles. The molecule has 0 spiro atoms. The van der Waals surface area contributed by atoms with Gasteiger partial charge in [-0.3, -0.25) is 4.99 Å². The zero-order chi connectivity index (χ0) is 9.26. The molecule has 2 nitrogen and oxygen atoms in total. The van der Waals surface area contributed by atoms with Crippen LogP contribution in [0, 0.1) is 0 Å². The molecule has 0 saturated carbocycles. The Balaban J connectivity index is 2.23. The minimum absolute atomic E-state index is 0.0931. The molecule has 0 radical (unpaired) electrons. The lowest BCUT2D eigenvalue weighted by Crippen LogP contribution is -2.03. The van der Waals surface area contributed by atoms with Crippen LogP contribution >= 0.6 is 15.9 Å². The molecule has 3 heteroatoms. The van der Waals surface area contributed by atoms with Crippen LogP contribution in [-0.2, 0) is 4.74 Å². The van der Waals surface area contributed by atoms with Crippen molar-refractivity contribution in [2.24, 2.45) is 4.99 Å². The summed E-state index contributed by atoms with van der Waals surface area (Å²) in [6.45, 7) is 2.62. The number of nitrogens with zero attached hydrogens (tertiary/aromatic N) is 1. The number of hydrogen-bond donors (Lipinski definition) is 0. The van der Waals surface area contributed by atoms with Gasteiger partial charge in [0.25, 0.3) is 0 Å². The Morgan fingerprint density at radius 1 is 1.46 bits per heavy atom. The molecular weight excluding hydrogens is 230 g/mol. The normalized spacial score (nSPS) is 21.1. The Labute approximate surface area is 85.8 Å². The van der Waals surface area contributed by atoms with Gasteiger partial charge in [-0.05, 0) is 6.07 Å². The average Bonchev–Trinajstić information content (AvgIpc) is 2.53. The van der Waals surface area contributed by atoms with Gasteiger partial charge >= 0.3 is 0 Å². The zero-order valence-electron chi connectivity index (χ0n) is 7.33. The maximum absolute atomic E-state index is 5.55. The molecule has 1 aliphatic rings. The molecule has 0 amide bonds. The van der Waals surface area contributed by atoms with Crippen molar-refractivity contribution in [3.63, 3.8) is 0 Å². The first kappa shape index (κ1) is 8.75. The molecule has 0 saturated heterocycles. The fraction of sp³-hybridized carbons (Fsp3) is 0.300. The van der Waals surface area contributed by atoms with E-state index in [9.17, 15) is 0 Å². The average molecular weight is 240 g/mol. The lowest BCUT2D eigenvalue weighted by molar-refractivity contribution is 0.227. The molecule has 13 heavy (non-hydrogen) atoms. The number of ether oxygens (including phenoxy) is 1. The Hall–Kier alpha value is -0.830.